The van der Waals surface area contributed by atoms with Crippen molar-refractivity contribution >= 4 is 11.3 Å². The van der Waals surface area contributed by atoms with Gasteiger partial charge in [0.2, 0.25) is 0 Å². The van der Waals surface area contributed by atoms with Crippen molar-refractivity contribution in [1.82, 2.24) is 10.2 Å². The van der Waals surface area contributed by atoms with Crippen molar-refractivity contribution in [2.45, 2.75) is 25.4 Å². The highest BCUT2D eigenvalue weighted by molar-refractivity contribution is 7.09. The first-order valence-electron chi connectivity index (χ1n) is 5.22. The van der Waals surface area contributed by atoms with Crippen LogP contribution in [0.5, 0.6) is 0 Å². The minimum Gasteiger partial charge on any atom is -0.314 e. The van der Waals surface area contributed by atoms with Gasteiger partial charge in [0.05, 0.1) is 0 Å². The molecular weight excluding hydrogens is 192 g/mol. The fraction of sp³-hybridized carbons (Fsp3) is 0.636. The maximum Gasteiger partial charge on any atom is 0.0345 e. The van der Waals surface area contributed by atoms with E-state index in [1.807, 2.05) is 11.3 Å². The number of hydrogen-bond donors (Lipinski definition) is 1. The Balaban J connectivity index is 1.85. The highest BCUT2D eigenvalue weighted by atomic mass is 32.1. The van der Waals surface area contributed by atoms with Crippen molar-refractivity contribution < 1.29 is 0 Å². The Morgan fingerprint density at radius 1 is 1.64 bits per heavy atom. The lowest BCUT2D eigenvalue weighted by molar-refractivity contribution is 0.136. The molecule has 2 nitrogen and oxygen atoms in total. The summed E-state index contributed by atoms with van der Waals surface area (Å²) < 4.78 is 0. The smallest absolute Gasteiger partial charge is 0.0345 e. The SMILES string of the molecule is CC(Cc1cccs1)N(C)C1CNC1. The molecule has 1 aromatic rings. The lowest BCUT2D eigenvalue weighted by atomic mass is 10.1. The maximum absolute atomic E-state index is 3.32. The highest BCUT2D eigenvalue weighted by Crippen LogP contribution is 2.15. The lowest BCUT2D eigenvalue weighted by Gasteiger charge is -2.39. The molecule has 14 heavy (non-hydrogen) atoms. The zero-order chi connectivity index (χ0) is 9.97. The fourth-order valence-electron chi connectivity index (χ4n) is 1.79. The van der Waals surface area contributed by atoms with Crippen molar-refractivity contribution in [3.8, 4) is 0 Å². The van der Waals surface area contributed by atoms with Crippen LogP contribution in [0, 0.1) is 0 Å². The molecule has 0 radical (unpaired) electrons. The molecule has 1 aliphatic heterocycles. The topological polar surface area (TPSA) is 15.3 Å². The number of hydrogen-bond acceptors (Lipinski definition) is 3. The van der Waals surface area contributed by atoms with Crippen molar-refractivity contribution in [3.05, 3.63) is 22.4 Å². The first-order chi connectivity index (χ1) is 6.77. The molecule has 1 fully saturated rings. The van der Waals surface area contributed by atoms with Gasteiger partial charge in [0, 0.05) is 30.1 Å². The molecule has 0 amide bonds. The molecule has 1 saturated heterocycles. The molecule has 0 aliphatic carbocycles. The Hall–Kier alpha value is -0.380. The minimum atomic E-state index is 0.653. The Kier molecular flexibility index (Phi) is 3.21. The number of nitrogens with zero attached hydrogens (tertiary/aromatic N) is 1. The van der Waals surface area contributed by atoms with Crippen LogP contribution in [0.15, 0.2) is 17.5 Å². The van der Waals surface area contributed by atoms with Crippen LogP contribution in [0.1, 0.15) is 11.8 Å². The van der Waals surface area contributed by atoms with Gasteiger partial charge in [0.25, 0.3) is 0 Å². The average molecular weight is 210 g/mol. The molecule has 2 rings (SSSR count). The molecule has 1 aliphatic rings. The van der Waals surface area contributed by atoms with Gasteiger partial charge >= 0.3 is 0 Å². The van der Waals surface area contributed by atoms with Crippen LogP contribution in [0.25, 0.3) is 0 Å². The first kappa shape index (κ1) is 10.1. The van der Waals surface area contributed by atoms with Gasteiger partial charge in [0.1, 0.15) is 0 Å². The zero-order valence-electron chi connectivity index (χ0n) is 8.86. The van der Waals surface area contributed by atoms with Crippen LogP contribution in [0.2, 0.25) is 0 Å². The lowest BCUT2D eigenvalue weighted by Crippen LogP contribution is -2.58. The van der Waals surface area contributed by atoms with E-state index >= 15 is 0 Å². The fourth-order valence-corrected chi connectivity index (χ4v) is 2.61. The van der Waals surface area contributed by atoms with Crippen molar-refractivity contribution in [1.29, 1.82) is 0 Å². The maximum atomic E-state index is 3.32. The van der Waals surface area contributed by atoms with E-state index < -0.39 is 0 Å². The predicted octanol–water partition coefficient (Wildman–Crippen LogP) is 1.58. The Morgan fingerprint density at radius 3 is 2.93 bits per heavy atom. The molecule has 1 aromatic heterocycles. The molecule has 0 saturated carbocycles. The summed E-state index contributed by atoms with van der Waals surface area (Å²) in [6.07, 6.45) is 1.19. The second-order valence-corrected chi connectivity index (χ2v) is 5.14. The second kappa shape index (κ2) is 4.43. The van der Waals surface area contributed by atoms with E-state index in [0.29, 0.717) is 6.04 Å². The molecule has 3 heteroatoms. The number of thiophene rings is 1. The van der Waals surface area contributed by atoms with E-state index in [1.54, 1.807) is 0 Å². The van der Waals surface area contributed by atoms with Gasteiger partial charge in [-0.2, -0.15) is 0 Å². The summed E-state index contributed by atoms with van der Waals surface area (Å²) in [4.78, 5) is 3.99. The molecule has 1 unspecified atom stereocenters. The third-order valence-electron chi connectivity index (χ3n) is 3.11. The van der Waals surface area contributed by atoms with Crippen molar-refractivity contribution in [3.63, 3.8) is 0 Å². The van der Waals surface area contributed by atoms with E-state index in [1.165, 1.54) is 11.3 Å². The summed E-state index contributed by atoms with van der Waals surface area (Å²) in [6.45, 7) is 4.63. The Labute approximate surface area is 89.9 Å². The van der Waals surface area contributed by atoms with E-state index in [-0.39, 0.29) is 0 Å². The van der Waals surface area contributed by atoms with Crippen LogP contribution in [0.3, 0.4) is 0 Å². The molecule has 0 spiro atoms. The molecular formula is C11H18N2S. The van der Waals surface area contributed by atoms with Gasteiger partial charge in [-0.25, -0.2) is 0 Å². The Bertz CT molecular complexity index is 267. The van der Waals surface area contributed by atoms with E-state index in [4.69, 9.17) is 0 Å². The van der Waals surface area contributed by atoms with E-state index in [0.717, 1.165) is 19.1 Å². The molecule has 0 aromatic carbocycles. The van der Waals surface area contributed by atoms with Crippen LogP contribution in [-0.2, 0) is 6.42 Å². The second-order valence-electron chi connectivity index (χ2n) is 4.11. The van der Waals surface area contributed by atoms with Gasteiger partial charge in [-0.15, -0.1) is 11.3 Å². The summed E-state index contributed by atoms with van der Waals surface area (Å²) in [5.74, 6) is 0. The summed E-state index contributed by atoms with van der Waals surface area (Å²) in [5.41, 5.74) is 0. The average Bonchev–Trinajstić information content (AvgIpc) is 2.53. The predicted molar refractivity (Wildman–Crippen MR) is 61.9 cm³/mol. The van der Waals surface area contributed by atoms with Crippen LogP contribution < -0.4 is 5.32 Å². The van der Waals surface area contributed by atoms with Gasteiger partial charge in [-0.05, 0) is 31.8 Å². The first-order valence-corrected chi connectivity index (χ1v) is 6.10. The standard InChI is InChI=1S/C11H18N2S/c1-9(6-11-4-3-5-14-11)13(2)10-7-12-8-10/h3-5,9-10,12H,6-8H2,1-2H3. The zero-order valence-corrected chi connectivity index (χ0v) is 9.68. The summed E-state index contributed by atoms with van der Waals surface area (Å²) in [5, 5.41) is 5.48. The number of rotatable bonds is 4. The van der Waals surface area contributed by atoms with Gasteiger partial charge in [-0.1, -0.05) is 6.07 Å². The van der Waals surface area contributed by atoms with E-state index in [2.05, 4.69) is 41.7 Å². The summed E-state index contributed by atoms with van der Waals surface area (Å²) >= 11 is 1.86. The number of nitrogens with one attached hydrogen (secondary N) is 1. The van der Waals surface area contributed by atoms with Crippen LogP contribution >= 0.6 is 11.3 Å². The molecule has 0 bridgehead atoms. The minimum absolute atomic E-state index is 0.653. The van der Waals surface area contributed by atoms with Crippen LogP contribution in [0.4, 0.5) is 0 Å². The third kappa shape index (κ3) is 2.16. The van der Waals surface area contributed by atoms with Gasteiger partial charge in [-0.3, -0.25) is 4.90 Å². The summed E-state index contributed by atoms with van der Waals surface area (Å²) in [6, 6.07) is 5.77. The number of likely N-dealkylation sites (N-methyl/N-ethyl adjacent to an activating group) is 1. The molecule has 2 heterocycles. The normalized spacial score (nSPS) is 19.6. The Morgan fingerprint density at radius 2 is 2.43 bits per heavy atom. The van der Waals surface area contributed by atoms with Gasteiger partial charge in [0.15, 0.2) is 0 Å². The largest absolute Gasteiger partial charge is 0.314 e. The van der Waals surface area contributed by atoms with Crippen molar-refractivity contribution in [2.75, 3.05) is 20.1 Å². The summed E-state index contributed by atoms with van der Waals surface area (Å²) in [7, 11) is 2.24. The highest BCUT2D eigenvalue weighted by Gasteiger charge is 2.24. The molecule has 1 atom stereocenters. The third-order valence-corrected chi connectivity index (χ3v) is 4.01. The molecule has 1 N–H and O–H groups in total. The van der Waals surface area contributed by atoms with E-state index in [9.17, 15) is 0 Å². The quantitative estimate of drug-likeness (QED) is 0.812. The van der Waals surface area contributed by atoms with Crippen LogP contribution in [-0.4, -0.2) is 37.1 Å². The van der Waals surface area contributed by atoms with Crippen molar-refractivity contribution in [2.24, 2.45) is 0 Å². The monoisotopic (exact) mass is 210 g/mol. The van der Waals surface area contributed by atoms with Gasteiger partial charge < -0.3 is 5.32 Å². The molecule has 78 valence electrons.